The van der Waals surface area contributed by atoms with Gasteiger partial charge in [0.2, 0.25) is 5.91 Å². The number of likely N-dealkylation sites (N-methyl/N-ethyl adjacent to an activating group) is 1. The number of hydrogen-bond donors (Lipinski definition) is 1. The van der Waals surface area contributed by atoms with E-state index >= 15 is 0 Å². The van der Waals surface area contributed by atoms with Crippen molar-refractivity contribution in [1.29, 1.82) is 0 Å². The van der Waals surface area contributed by atoms with Crippen LogP contribution in [-0.2, 0) is 17.9 Å². The molecule has 0 saturated heterocycles. The maximum atomic E-state index is 12.1. The molecule has 1 aromatic heterocycles. The van der Waals surface area contributed by atoms with E-state index in [0.29, 0.717) is 13.1 Å². The van der Waals surface area contributed by atoms with Crippen molar-refractivity contribution < 1.29 is 4.79 Å². The third-order valence-corrected chi connectivity index (χ3v) is 3.55. The molecule has 0 radical (unpaired) electrons. The summed E-state index contributed by atoms with van der Waals surface area (Å²) in [5, 5.41) is 7.27. The normalized spacial score (nSPS) is 12.4. The third kappa shape index (κ3) is 4.70. The molecular formula is C17H24N4O. The molecule has 1 N–H and O–H groups in total. The molecule has 0 aliphatic rings. The first-order chi connectivity index (χ1) is 10.6. The van der Waals surface area contributed by atoms with E-state index in [-0.39, 0.29) is 11.9 Å². The fourth-order valence-corrected chi connectivity index (χ4v) is 2.39. The lowest BCUT2D eigenvalue weighted by Gasteiger charge is -2.18. The minimum atomic E-state index is 0.0185. The average molecular weight is 300 g/mol. The molecule has 5 nitrogen and oxygen atoms in total. The minimum Gasteiger partial charge on any atom is -0.348 e. The first kappa shape index (κ1) is 16.2. The van der Waals surface area contributed by atoms with Gasteiger partial charge in [-0.05, 0) is 26.5 Å². The number of carbonyl (C=O) groups is 1. The van der Waals surface area contributed by atoms with E-state index in [9.17, 15) is 4.79 Å². The highest BCUT2D eigenvalue weighted by molar-refractivity contribution is 5.78. The molecule has 0 spiro atoms. The second-order valence-electron chi connectivity index (χ2n) is 5.58. The van der Waals surface area contributed by atoms with Gasteiger partial charge in [0, 0.05) is 24.8 Å². The van der Waals surface area contributed by atoms with Gasteiger partial charge >= 0.3 is 0 Å². The van der Waals surface area contributed by atoms with E-state index in [0.717, 1.165) is 17.7 Å². The van der Waals surface area contributed by atoms with Crippen LogP contribution in [-0.4, -0.2) is 34.2 Å². The van der Waals surface area contributed by atoms with Crippen LogP contribution in [0.15, 0.2) is 42.7 Å². The topological polar surface area (TPSA) is 50.2 Å². The molecule has 22 heavy (non-hydrogen) atoms. The Morgan fingerprint density at radius 1 is 1.36 bits per heavy atom. The zero-order valence-electron chi connectivity index (χ0n) is 13.5. The van der Waals surface area contributed by atoms with Crippen LogP contribution >= 0.6 is 0 Å². The summed E-state index contributed by atoms with van der Waals surface area (Å²) in [7, 11) is 1.94. The summed E-state index contributed by atoms with van der Waals surface area (Å²) in [4.78, 5) is 14.1. The van der Waals surface area contributed by atoms with Crippen molar-refractivity contribution in [2.24, 2.45) is 0 Å². The summed E-state index contributed by atoms with van der Waals surface area (Å²) in [6, 6.07) is 10.00. The van der Waals surface area contributed by atoms with E-state index in [1.807, 2.05) is 66.3 Å². The van der Waals surface area contributed by atoms with Gasteiger partial charge in [-0.3, -0.25) is 14.4 Å². The Bertz CT molecular complexity index is 594. The summed E-state index contributed by atoms with van der Waals surface area (Å²) in [6.45, 7) is 6.00. The molecule has 0 fully saturated rings. The summed E-state index contributed by atoms with van der Waals surface area (Å²) < 4.78 is 1.89. The molecule has 1 heterocycles. The van der Waals surface area contributed by atoms with E-state index < -0.39 is 0 Å². The maximum Gasteiger partial charge on any atom is 0.234 e. The largest absolute Gasteiger partial charge is 0.348 e. The second kappa shape index (κ2) is 7.75. The average Bonchev–Trinajstić information content (AvgIpc) is 2.95. The van der Waals surface area contributed by atoms with E-state index in [1.54, 1.807) is 0 Å². The molecular weight excluding hydrogens is 276 g/mol. The molecule has 1 unspecified atom stereocenters. The van der Waals surface area contributed by atoms with Gasteiger partial charge in [0.25, 0.3) is 0 Å². The van der Waals surface area contributed by atoms with Gasteiger partial charge in [-0.15, -0.1) is 0 Å². The minimum absolute atomic E-state index is 0.0185. The van der Waals surface area contributed by atoms with Crippen molar-refractivity contribution in [1.82, 2.24) is 20.0 Å². The van der Waals surface area contributed by atoms with Crippen LogP contribution < -0.4 is 5.32 Å². The first-order valence-electron chi connectivity index (χ1n) is 7.62. The number of aromatic nitrogens is 2. The van der Waals surface area contributed by atoms with Crippen molar-refractivity contribution in [2.45, 2.75) is 33.0 Å². The first-order valence-corrected chi connectivity index (χ1v) is 7.62. The number of aryl methyl sites for hydroxylation is 1. The van der Waals surface area contributed by atoms with Gasteiger partial charge in [-0.2, -0.15) is 5.10 Å². The van der Waals surface area contributed by atoms with Crippen molar-refractivity contribution in [3.63, 3.8) is 0 Å². The lowest BCUT2D eigenvalue weighted by atomic mass is 10.1. The smallest absolute Gasteiger partial charge is 0.234 e. The predicted molar refractivity (Wildman–Crippen MR) is 87.2 cm³/mol. The fourth-order valence-electron chi connectivity index (χ4n) is 2.39. The molecule has 1 atom stereocenters. The molecule has 0 saturated carbocycles. The Kier molecular flexibility index (Phi) is 5.72. The molecule has 1 amide bonds. The second-order valence-corrected chi connectivity index (χ2v) is 5.58. The molecule has 118 valence electrons. The van der Waals surface area contributed by atoms with Gasteiger partial charge < -0.3 is 5.32 Å². The number of nitrogens with zero attached hydrogens (tertiary/aromatic N) is 3. The highest BCUT2D eigenvalue weighted by atomic mass is 16.2. The fraction of sp³-hybridized carbons (Fsp3) is 0.412. The van der Waals surface area contributed by atoms with Crippen LogP contribution in [0, 0.1) is 0 Å². The number of amides is 1. The number of benzene rings is 1. The molecule has 0 aliphatic heterocycles. The number of rotatable bonds is 7. The lowest BCUT2D eigenvalue weighted by Crippen LogP contribution is -2.36. The Balaban J connectivity index is 1.81. The molecule has 2 rings (SSSR count). The van der Waals surface area contributed by atoms with Crippen LogP contribution in [0.4, 0.5) is 0 Å². The summed E-state index contributed by atoms with van der Waals surface area (Å²) in [5.74, 6) is 0.0294. The van der Waals surface area contributed by atoms with Gasteiger partial charge in [-0.25, -0.2) is 0 Å². The third-order valence-electron chi connectivity index (χ3n) is 3.55. The SMILES string of the molecule is CCn1cc(CN(C)CC(=O)NC(C)c2ccccc2)cn1. The summed E-state index contributed by atoms with van der Waals surface area (Å²) >= 11 is 0. The molecule has 0 aliphatic carbocycles. The van der Waals surface area contributed by atoms with E-state index in [4.69, 9.17) is 0 Å². The molecule has 0 bridgehead atoms. The van der Waals surface area contributed by atoms with Gasteiger partial charge in [0.05, 0.1) is 18.8 Å². The van der Waals surface area contributed by atoms with E-state index in [1.165, 1.54) is 0 Å². The Hall–Kier alpha value is -2.14. The number of nitrogens with one attached hydrogen (secondary N) is 1. The predicted octanol–water partition coefficient (Wildman–Crippen LogP) is 2.21. The number of carbonyl (C=O) groups excluding carboxylic acids is 1. The van der Waals surface area contributed by atoms with Gasteiger partial charge in [0.1, 0.15) is 0 Å². The van der Waals surface area contributed by atoms with Crippen molar-refractivity contribution in [2.75, 3.05) is 13.6 Å². The van der Waals surface area contributed by atoms with Crippen molar-refractivity contribution >= 4 is 5.91 Å². The highest BCUT2D eigenvalue weighted by Crippen LogP contribution is 2.11. The zero-order valence-corrected chi connectivity index (χ0v) is 13.5. The highest BCUT2D eigenvalue weighted by Gasteiger charge is 2.12. The molecule has 2 aromatic rings. The molecule has 5 heteroatoms. The standard InChI is InChI=1S/C17H24N4O/c1-4-21-12-15(10-18-21)11-20(3)13-17(22)19-14(2)16-8-6-5-7-9-16/h5-10,12,14H,4,11,13H2,1-3H3,(H,19,22). The van der Waals surface area contributed by atoms with Gasteiger partial charge in [0.15, 0.2) is 0 Å². The lowest BCUT2D eigenvalue weighted by molar-refractivity contribution is -0.122. The van der Waals surface area contributed by atoms with E-state index in [2.05, 4.69) is 17.3 Å². The molecule has 1 aromatic carbocycles. The van der Waals surface area contributed by atoms with Crippen LogP contribution in [0.2, 0.25) is 0 Å². The monoisotopic (exact) mass is 300 g/mol. The van der Waals surface area contributed by atoms with Crippen molar-refractivity contribution in [3.8, 4) is 0 Å². The Morgan fingerprint density at radius 3 is 2.73 bits per heavy atom. The van der Waals surface area contributed by atoms with Crippen LogP contribution in [0.25, 0.3) is 0 Å². The maximum absolute atomic E-state index is 12.1. The number of hydrogen-bond acceptors (Lipinski definition) is 3. The van der Waals surface area contributed by atoms with Crippen molar-refractivity contribution in [3.05, 3.63) is 53.9 Å². The van der Waals surface area contributed by atoms with Crippen LogP contribution in [0.3, 0.4) is 0 Å². The Morgan fingerprint density at radius 2 is 2.09 bits per heavy atom. The van der Waals surface area contributed by atoms with Crippen LogP contribution in [0.1, 0.15) is 31.0 Å². The summed E-state index contributed by atoms with van der Waals surface area (Å²) in [5.41, 5.74) is 2.23. The van der Waals surface area contributed by atoms with Crippen LogP contribution in [0.5, 0.6) is 0 Å². The summed E-state index contributed by atoms with van der Waals surface area (Å²) in [6.07, 6.45) is 3.87. The van der Waals surface area contributed by atoms with Gasteiger partial charge in [-0.1, -0.05) is 30.3 Å². The Labute approximate surface area is 131 Å². The zero-order chi connectivity index (χ0) is 15.9. The quantitative estimate of drug-likeness (QED) is 0.853.